The lowest BCUT2D eigenvalue weighted by Gasteiger charge is -2.16. The van der Waals surface area contributed by atoms with Crippen molar-refractivity contribution in [1.82, 2.24) is 10.2 Å². The zero-order chi connectivity index (χ0) is 12.4. The van der Waals surface area contributed by atoms with Crippen molar-refractivity contribution in [2.75, 3.05) is 5.32 Å². The first kappa shape index (κ1) is 12.4. The fourth-order valence-electron chi connectivity index (χ4n) is 1.48. The van der Waals surface area contributed by atoms with Crippen molar-refractivity contribution in [2.24, 2.45) is 0 Å². The van der Waals surface area contributed by atoms with Crippen LogP contribution in [0.2, 0.25) is 5.02 Å². The molecular weight excluding hydrogens is 308 g/mol. The predicted molar refractivity (Wildman–Crippen MR) is 69.7 cm³/mol. The van der Waals surface area contributed by atoms with Crippen LogP contribution in [0.5, 0.6) is 0 Å². The molecule has 0 saturated carbocycles. The number of hydrogen-bond acceptors (Lipinski definition) is 2. The Morgan fingerprint density at radius 3 is 2.88 bits per heavy atom. The maximum atomic E-state index is 13.1. The van der Waals surface area contributed by atoms with Gasteiger partial charge in [-0.3, -0.25) is 5.10 Å². The molecule has 1 heterocycles. The van der Waals surface area contributed by atoms with Crippen LogP contribution in [0.1, 0.15) is 18.7 Å². The van der Waals surface area contributed by atoms with E-state index >= 15 is 0 Å². The molecule has 1 atom stereocenters. The van der Waals surface area contributed by atoms with Gasteiger partial charge in [-0.2, -0.15) is 5.10 Å². The molecule has 0 spiro atoms. The quantitative estimate of drug-likeness (QED) is 0.893. The number of hydrogen-bond donors (Lipinski definition) is 2. The summed E-state index contributed by atoms with van der Waals surface area (Å²) >= 11 is 9.26. The molecule has 2 rings (SSSR count). The number of halogens is 3. The van der Waals surface area contributed by atoms with E-state index in [1.165, 1.54) is 12.1 Å². The molecular formula is C11H10BrClFN3. The van der Waals surface area contributed by atoms with Crippen molar-refractivity contribution in [2.45, 2.75) is 13.0 Å². The number of nitrogens with zero attached hydrogens (tertiary/aromatic N) is 1. The highest BCUT2D eigenvalue weighted by atomic mass is 79.9. The average molecular weight is 319 g/mol. The van der Waals surface area contributed by atoms with Crippen LogP contribution >= 0.6 is 27.5 Å². The van der Waals surface area contributed by atoms with E-state index in [0.717, 1.165) is 5.69 Å². The van der Waals surface area contributed by atoms with Gasteiger partial charge in [-0.05, 0) is 41.1 Å². The molecule has 90 valence electrons. The van der Waals surface area contributed by atoms with Crippen molar-refractivity contribution in [1.29, 1.82) is 0 Å². The van der Waals surface area contributed by atoms with Crippen LogP contribution < -0.4 is 5.32 Å². The Bertz CT molecular complexity index is 492. The number of anilines is 1. The highest BCUT2D eigenvalue weighted by molar-refractivity contribution is 9.10. The van der Waals surface area contributed by atoms with Crippen LogP contribution in [0.3, 0.4) is 0 Å². The van der Waals surface area contributed by atoms with Crippen LogP contribution in [-0.2, 0) is 0 Å². The van der Waals surface area contributed by atoms with Crippen LogP contribution in [0.4, 0.5) is 10.1 Å². The van der Waals surface area contributed by atoms with Crippen LogP contribution in [-0.4, -0.2) is 10.2 Å². The topological polar surface area (TPSA) is 40.7 Å². The third-order valence-corrected chi connectivity index (χ3v) is 3.28. The minimum atomic E-state index is -0.374. The summed E-state index contributed by atoms with van der Waals surface area (Å²) in [5, 5.41) is 10.3. The standard InChI is InChI=1S/C11H10BrClFN3/c1-6(10-2-3-15-17-10)16-11-8(12)4-7(14)5-9(11)13/h2-6,16H,1H3,(H,15,17). The van der Waals surface area contributed by atoms with E-state index in [1.54, 1.807) is 6.20 Å². The largest absolute Gasteiger partial charge is 0.375 e. The number of H-pyrrole nitrogens is 1. The van der Waals surface area contributed by atoms with Gasteiger partial charge in [-0.15, -0.1) is 0 Å². The molecule has 1 aromatic carbocycles. The number of benzene rings is 1. The number of nitrogens with one attached hydrogen (secondary N) is 2. The van der Waals surface area contributed by atoms with Crippen LogP contribution in [0.15, 0.2) is 28.9 Å². The van der Waals surface area contributed by atoms with E-state index in [4.69, 9.17) is 11.6 Å². The van der Waals surface area contributed by atoms with E-state index in [1.807, 2.05) is 13.0 Å². The Labute approximate surface area is 112 Å². The lowest BCUT2D eigenvalue weighted by Crippen LogP contribution is -2.08. The molecule has 17 heavy (non-hydrogen) atoms. The van der Waals surface area contributed by atoms with Gasteiger partial charge in [0.05, 0.1) is 22.4 Å². The molecule has 3 nitrogen and oxygen atoms in total. The third kappa shape index (κ3) is 2.79. The Kier molecular flexibility index (Phi) is 3.69. The second-order valence-electron chi connectivity index (χ2n) is 3.62. The van der Waals surface area contributed by atoms with Crippen LogP contribution in [0.25, 0.3) is 0 Å². The zero-order valence-corrected chi connectivity index (χ0v) is 11.3. The van der Waals surface area contributed by atoms with E-state index in [9.17, 15) is 4.39 Å². The zero-order valence-electron chi connectivity index (χ0n) is 8.97. The molecule has 0 fully saturated rings. The smallest absolute Gasteiger partial charge is 0.125 e. The summed E-state index contributed by atoms with van der Waals surface area (Å²) in [6.07, 6.45) is 1.68. The lowest BCUT2D eigenvalue weighted by atomic mass is 10.2. The number of aromatic nitrogens is 2. The molecule has 0 radical (unpaired) electrons. The molecule has 2 N–H and O–H groups in total. The van der Waals surface area contributed by atoms with Gasteiger partial charge in [-0.1, -0.05) is 11.6 Å². The first-order valence-electron chi connectivity index (χ1n) is 4.98. The fourth-order valence-corrected chi connectivity index (χ4v) is 2.40. The Balaban J connectivity index is 2.25. The summed E-state index contributed by atoms with van der Waals surface area (Å²) < 4.78 is 13.7. The Hall–Kier alpha value is -1.07. The molecule has 1 unspecified atom stereocenters. The summed E-state index contributed by atoms with van der Waals surface area (Å²) in [4.78, 5) is 0. The van der Waals surface area contributed by atoms with Gasteiger partial charge in [0.15, 0.2) is 0 Å². The van der Waals surface area contributed by atoms with Crippen LogP contribution in [0, 0.1) is 5.82 Å². The minimum absolute atomic E-state index is 0.00300. The van der Waals surface area contributed by atoms with E-state index in [0.29, 0.717) is 15.2 Å². The Morgan fingerprint density at radius 1 is 1.53 bits per heavy atom. The maximum Gasteiger partial charge on any atom is 0.125 e. The minimum Gasteiger partial charge on any atom is -0.375 e. The number of aromatic amines is 1. The van der Waals surface area contributed by atoms with E-state index < -0.39 is 0 Å². The van der Waals surface area contributed by atoms with Crippen molar-refractivity contribution in [3.63, 3.8) is 0 Å². The fraction of sp³-hybridized carbons (Fsp3) is 0.182. The Morgan fingerprint density at radius 2 is 2.29 bits per heavy atom. The normalized spacial score (nSPS) is 12.5. The highest BCUT2D eigenvalue weighted by Crippen LogP contribution is 2.33. The monoisotopic (exact) mass is 317 g/mol. The van der Waals surface area contributed by atoms with Gasteiger partial charge < -0.3 is 5.32 Å². The second kappa shape index (κ2) is 5.06. The molecule has 0 bridgehead atoms. The maximum absolute atomic E-state index is 13.1. The molecule has 0 amide bonds. The summed E-state index contributed by atoms with van der Waals surface area (Å²) in [6.45, 7) is 1.96. The lowest BCUT2D eigenvalue weighted by molar-refractivity contribution is 0.627. The molecule has 0 saturated heterocycles. The summed E-state index contributed by atoms with van der Waals surface area (Å²) in [5.41, 5.74) is 1.59. The molecule has 6 heteroatoms. The van der Waals surface area contributed by atoms with Gasteiger partial charge in [0.1, 0.15) is 5.82 Å². The molecule has 0 aliphatic rings. The molecule has 0 aliphatic carbocycles. The number of rotatable bonds is 3. The third-order valence-electron chi connectivity index (χ3n) is 2.36. The molecule has 0 aliphatic heterocycles. The predicted octanol–water partition coefficient (Wildman–Crippen LogP) is 4.14. The van der Waals surface area contributed by atoms with Gasteiger partial charge in [0, 0.05) is 10.7 Å². The first-order chi connectivity index (χ1) is 8.08. The van der Waals surface area contributed by atoms with E-state index in [2.05, 4.69) is 31.4 Å². The average Bonchev–Trinajstić information content (AvgIpc) is 2.76. The van der Waals surface area contributed by atoms with Crippen molar-refractivity contribution >= 4 is 33.2 Å². The van der Waals surface area contributed by atoms with Gasteiger partial charge in [-0.25, -0.2) is 4.39 Å². The van der Waals surface area contributed by atoms with Crippen molar-refractivity contribution in [3.05, 3.63) is 45.4 Å². The van der Waals surface area contributed by atoms with Gasteiger partial charge in [0.25, 0.3) is 0 Å². The second-order valence-corrected chi connectivity index (χ2v) is 4.88. The summed E-state index contributed by atoms with van der Waals surface area (Å²) in [7, 11) is 0. The summed E-state index contributed by atoms with van der Waals surface area (Å²) in [6, 6.07) is 4.50. The summed E-state index contributed by atoms with van der Waals surface area (Å²) in [5.74, 6) is -0.374. The SMILES string of the molecule is CC(Nc1c(Cl)cc(F)cc1Br)c1ccn[nH]1. The van der Waals surface area contributed by atoms with Crippen molar-refractivity contribution in [3.8, 4) is 0 Å². The van der Waals surface area contributed by atoms with Gasteiger partial charge in [0.2, 0.25) is 0 Å². The highest BCUT2D eigenvalue weighted by Gasteiger charge is 2.12. The molecule has 2 aromatic rings. The van der Waals surface area contributed by atoms with Crippen molar-refractivity contribution < 1.29 is 4.39 Å². The van der Waals surface area contributed by atoms with Gasteiger partial charge >= 0.3 is 0 Å². The molecule has 1 aromatic heterocycles. The van der Waals surface area contributed by atoms with E-state index in [-0.39, 0.29) is 11.9 Å². The first-order valence-corrected chi connectivity index (χ1v) is 6.15.